The number of para-hydroxylation sites is 2. The Bertz CT molecular complexity index is 614. The fraction of sp³-hybridized carbons (Fsp3) is 0.438. The number of aliphatic carboxylic acids is 1. The first-order valence-electron chi connectivity index (χ1n) is 7.46. The normalized spacial score (nSPS) is 16.3. The summed E-state index contributed by atoms with van der Waals surface area (Å²) in [5.74, 6) is -1.13. The Morgan fingerprint density at radius 1 is 1.35 bits per heavy atom. The highest BCUT2D eigenvalue weighted by Gasteiger charge is 2.31. The molecule has 2 N–H and O–H groups in total. The third-order valence-electron chi connectivity index (χ3n) is 3.58. The quantitative estimate of drug-likeness (QED) is 0.828. The molecule has 0 spiro atoms. The predicted molar refractivity (Wildman–Crippen MR) is 83.2 cm³/mol. The number of fused-ring (bicyclic) bond motifs is 1. The van der Waals surface area contributed by atoms with Crippen molar-refractivity contribution in [1.29, 1.82) is 0 Å². The number of nitrogens with one attached hydrogen (secondary N) is 1. The van der Waals surface area contributed by atoms with Gasteiger partial charge < -0.3 is 20.1 Å². The topological polar surface area (TPSA) is 95.9 Å². The number of carboxylic acids is 1. The number of rotatable bonds is 6. The van der Waals surface area contributed by atoms with Gasteiger partial charge in [0.25, 0.3) is 5.91 Å². The summed E-state index contributed by atoms with van der Waals surface area (Å²) >= 11 is 0. The average molecular weight is 320 g/mol. The van der Waals surface area contributed by atoms with Gasteiger partial charge in [0.2, 0.25) is 5.91 Å². The van der Waals surface area contributed by atoms with Gasteiger partial charge in [0, 0.05) is 12.6 Å². The molecule has 1 aromatic carbocycles. The number of benzene rings is 1. The lowest BCUT2D eigenvalue weighted by atomic mass is 10.1. The number of carbonyl (C=O) groups is 3. The maximum Gasteiger partial charge on any atom is 0.305 e. The minimum atomic E-state index is -0.968. The van der Waals surface area contributed by atoms with Crippen LogP contribution in [0.2, 0.25) is 0 Å². The van der Waals surface area contributed by atoms with Gasteiger partial charge in [-0.1, -0.05) is 12.1 Å². The Hall–Kier alpha value is -2.57. The van der Waals surface area contributed by atoms with E-state index in [1.807, 2.05) is 0 Å². The second-order valence-corrected chi connectivity index (χ2v) is 5.62. The second-order valence-electron chi connectivity index (χ2n) is 5.62. The van der Waals surface area contributed by atoms with E-state index in [2.05, 4.69) is 5.32 Å². The second kappa shape index (κ2) is 7.13. The molecule has 0 aromatic heterocycles. The van der Waals surface area contributed by atoms with Crippen molar-refractivity contribution in [2.45, 2.75) is 38.8 Å². The van der Waals surface area contributed by atoms with E-state index in [0.29, 0.717) is 11.4 Å². The highest BCUT2D eigenvalue weighted by atomic mass is 16.5. The van der Waals surface area contributed by atoms with Crippen molar-refractivity contribution >= 4 is 23.5 Å². The summed E-state index contributed by atoms with van der Waals surface area (Å²) in [5, 5.41) is 11.5. The van der Waals surface area contributed by atoms with Gasteiger partial charge in [0.05, 0.1) is 18.5 Å². The summed E-state index contributed by atoms with van der Waals surface area (Å²) in [5.41, 5.74) is 0.577. The van der Waals surface area contributed by atoms with Gasteiger partial charge >= 0.3 is 5.97 Å². The molecule has 1 atom stereocenters. The number of hydrogen-bond acceptors (Lipinski definition) is 4. The minimum Gasteiger partial charge on any atom is -0.481 e. The van der Waals surface area contributed by atoms with Crippen molar-refractivity contribution in [1.82, 2.24) is 4.90 Å². The van der Waals surface area contributed by atoms with E-state index in [-0.39, 0.29) is 37.2 Å². The Morgan fingerprint density at radius 3 is 2.70 bits per heavy atom. The van der Waals surface area contributed by atoms with Crippen LogP contribution in [-0.4, -0.2) is 46.5 Å². The standard InChI is InChI=1S/C16H20N2O5/c1-10(2)18(8-7-15(20)21)14(19)9-13-16(22)17-11-5-3-4-6-12(11)23-13/h3-6,10,13H,7-9H2,1-2H3,(H,17,22)(H,20,21). The Balaban J connectivity index is 2.03. The molecule has 2 amide bonds. The molecule has 1 heterocycles. The van der Waals surface area contributed by atoms with E-state index < -0.39 is 12.1 Å². The minimum absolute atomic E-state index is 0.108. The average Bonchev–Trinajstić information content (AvgIpc) is 2.47. The smallest absolute Gasteiger partial charge is 0.305 e. The number of hydrogen-bond donors (Lipinski definition) is 2. The number of carboxylic acid groups (broad SMARTS) is 1. The van der Waals surface area contributed by atoms with Crippen LogP contribution in [0.3, 0.4) is 0 Å². The zero-order chi connectivity index (χ0) is 17.0. The maximum absolute atomic E-state index is 12.4. The van der Waals surface area contributed by atoms with E-state index >= 15 is 0 Å². The summed E-state index contributed by atoms with van der Waals surface area (Å²) in [6.45, 7) is 3.71. The first-order chi connectivity index (χ1) is 10.9. The molecule has 1 aliphatic heterocycles. The number of anilines is 1. The lowest BCUT2D eigenvalue weighted by molar-refractivity contribution is -0.141. The van der Waals surface area contributed by atoms with Gasteiger partial charge in [0.15, 0.2) is 6.10 Å². The molecular formula is C16H20N2O5. The Kier molecular flexibility index (Phi) is 5.20. The van der Waals surface area contributed by atoms with Gasteiger partial charge in [-0.3, -0.25) is 14.4 Å². The van der Waals surface area contributed by atoms with Crippen molar-refractivity contribution < 1.29 is 24.2 Å². The summed E-state index contributed by atoms with van der Waals surface area (Å²) in [6.07, 6.45) is -1.17. The van der Waals surface area contributed by atoms with Crippen molar-refractivity contribution in [2.24, 2.45) is 0 Å². The fourth-order valence-electron chi connectivity index (χ4n) is 2.39. The first kappa shape index (κ1) is 16.8. The largest absolute Gasteiger partial charge is 0.481 e. The Morgan fingerprint density at radius 2 is 2.04 bits per heavy atom. The molecule has 7 heteroatoms. The van der Waals surface area contributed by atoms with Gasteiger partial charge in [-0.25, -0.2) is 0 Å². The van der Waals surface area contributed by atoms with E-state index in [1.165, 1.54) is 4.90 Å². The van der Waals surface area contributed by atoms with Crippen LogP contribution in [0.1, 0.15) is 26.7 Å². The van der Waals surface area contributed by atoms with Crippen LogP contribution in [-0.2, 0) is 14.4 Å². The number of ether oxygens (including phenoxy) is 1. The van der Waals surface area contributed by atoms with E-state index in [4.69, 9.17) is 9.84 Å². The number of nitrogens with zero attached hydrogens (tertiary/aromatic N) is 1. The molecule has 0 aliphatic carbocycles. The van der Waals surface area contributed by atoms with E-state index in [1.54, 1.807) is 38.1 Å². The SMILES string of the molecule is CC(C)N(CCC(=O)O)C(=O)CC1Oc2ccccc2NC1=O. The molecule has 23 heavy (non-hydrogen) atoms. The molecule has 7 nitrogen and oxygen atoms in total. The molecule has 1 aliphatic rings. The monoisotopic (exact) mass is 320 g/mol. The fourth-order valence-corrected chi connectivity index (χ4v) is 2.39. The lowest BCUT2D eigenvalue weighted by Gasteiger charge is -2.30. The van der Waals surface area contributed by atoms with Crippen LogP contribution in [0.15, 0.2) is 24.3 Å². The third-order valence-corrected chi connectivity index (χ3v) is 3.58. The van der Waals surface area contributed by atoms with E-state index in [9.17, 15) is 14.4 Å². The molecule has 1 aromatic rings. The van der Waals surface area contributed by atoms with Crippen molar-refractivity contribution in [3.63, 3.8) is 0 Å². The molecule has 0 radical (unpaired) electrons. The molecule has 2 rings (SSSR count). The van der Waals surface area contributed by atoms with Crippen LogP contribution >= 0.6 is 0 Å². The third kappa shape index (κ3) is 4.21. The van der Waals surface area contributed by atoms with E-state index in [0.717, 1.165) is 0 Å². The Labute approximate surface area is 134 Å². The van der Waals surface area contributed by atoms with Gasteiger partial charge in [-0.15, -0.1) is 0 Å². The molecular weight excluding hydrogens is 300 g/mol. The molecule has 124 valence electrons. The van der Waals surface area contributed by atoms with Crippen molar-refractivity contribution in [2.75, 3.05) is 11.9 Å². The first-order valence-corrected chi connectivity index (χ1v) is 7.46. The van der Waals surface area contributed by atoms with Gasteiger partial charge in [-0.05, 0) is 26.0 Å². The van der Waals surface area contributed by atoms with Crippen LogP contribution in [0.25, 0.3) is 0 Å². The number of carbonyl (C=O) groups excluding carboxylic acids is 2. The van der Waals surface area contributed by atoms with Crippen LogP contribution in [0, 0.1) is 0 Å². The summed E-state index contributed by atoms with van der Waals surface area (Å²) in [4.78, 5) is 36.6. The van der Waals surface area contributed by atoms with Crippen LogP contribution < -0.4 is 10.1 Å². The maximum atomic E-state index is 12.4. The van der Waals surface area contributed by atoms with Crippen LogP contribution in [0.4, 0.5) is 5.69 Å². The molecule has 0 saturated heterocycles. The van der Waals surface area contributed by atoms with Crippen LogP contribution in [0.5, 0.6) is 5.75 Å². The summed E-state index contributed by atoms with van der Waals surface area (Å²) in [7, 11) is 0. The molecule has 0 saturated carbocycles. The zero-order valence-corrected chi connectivity index (χ0v) is 13.1. The van der Waals surface area contributed by atoms with Crippen molar-refractivity contribution in [3.8, 4) is 5.75 Å². The highest BCUT2D eigenvalue weighted by Crippen LogP contribution is 2.29. The summed E-state index contributed by atoms with van der Waals surface area (Å²) < 4.78 is 5.59. The highest BCUT2D eigenvalue weighted by molar-refractivity contribution is 6.00. The summed E-state index contributed by atoms with van der Waals surface area (Å²) in [6, 6.07) is 6.85. The van der Waals surface area contributed by atoms with Crippen molar-refractivity contribution in [3.05, 3.63) is 24.3 Å². The number of amides is 2. The molecule has 1 unspecified atom stereocenters. The van der Waals surface area contributed by atoms with Gasteiger partial charge in [0.1, 0.15) is 5.75 Å². The van der Waals surface area contributed by atoms with Gasteiger partial charge in [-0.2, -0.15) is 0 Å². The predicted octanol–water partition coefficient (Wildman–Crippen LogP) is 1.49. The molecule has 0 bridgehead atoms. The zero-order valence-electron chi connectivity index (χ0n) is 13.1. The lowest BCUT2D eigenvalue weighted by Crippen LogP contribution is -2.44. The molecule has 0 fully saturated rings.